The van der Waals surface area contributed by atoms with Gasteiger partial charge in [0.1, 0.15) is 5.75 Å². The first-order chi connectivity index (χ1) is 14.0. The minimum absolute atomic E-state index is 0.0914. The molecule has 1 N–H and O–H groups in total. The van der Waals surface area contributed by atoms with Gasteiger partial charge in [-0.15, -0.1) is 0 Å². The molecule has 2 aromatic carbocycles. The van der Waals surface area contributed by atoms with E-state index in [4.69, 9.17) is 4.74 Å². The van der Waals surface area contributed by atoms with E-state index in [2.05, 4.69) is 67.5 Å². The molecule has 0 radical (unpaired) electrons. The van der Waals surface area contributed by atoms with Crippen molar-refractivity contribution in [2.24, 2.45) is 0 Å². The molecule has 1 saturated carbocycles. The van der Waals surface area contributed by atoms with Crippen LogP contribution in [0.2, 0.25) is 0 Å². The number of nitrogens with zero attached hydrogens (tertiary/aromatic N) is 1. The molecule has 1 fully saturated rings. The topological polar surface area (TPSA) is 32.7 Å². The average Bonchev–Trinajstić information content (AvgIpc) is 2.91. The van der Waals surface area contributed by atoms with Gasteiger partial charge in [0.05, 0.1) is 12.7 Å². The fraction of sp³-hybridized carbons (Fsp3) is 0.462. The molecule has 0 spiro atoms. The largest absolute Gasteiger partial charge is 0.497 e. The highest BCUT2D eigenvalue weighted by Crippen LogP contribution is 2.45. The van der Waals surface area contributed by atoms with E-state index < -0.39 is 5.60 Å². The Morgan fingerprint density at radius 3 is 2.41 bits per heavy atom. The third-order valence-electron chi connectivity index (χ3n) is 6.16. The zero-order chi connectivity index (χ0) is 20.7. The number of benzene rings is 2. The van der Waals surface area contributed by atoms with Crippen LogP contribution in [0, 0.1) is 0 Å². The van der Waals surface area contributed by atoms with E-state index in [1.54, 1.807) is 7.11 Å². The summed E-state index contributed by atoms with van der Waals surface area (Å²) >= 11 is 0. The van der Waals surface area contributed by atoms with Crippen molar-refractivity contribution in [2.45, 2.75) is 50.0 Å². The van der Waals surface area contributed by atoms with Gasteiger partial charge in [0.25, 0.3) is 0 Å². The van der Waals surface area contributed by atoms with Crippen molar-refractivity contribution in [1.82, 2.24) is 4.90 Å². The van der Waals surface area contributed by atoms with E-state index in [1.165, 1.54) is 17.6 Å². The molecule has 2 unspecified atom stereocenters. The SMILES string of the molecule is COc1ccc(C=C2CCCCCC2(O)C(CCN(C)C)c2ccccc2)cc1. The Bertz CT molecular complexity index is 782. The minimum Gasteiger partial charge on any atom is -0.497 e. The van der Waals surface area contributed by atoms with E-state index in [0.29, 0.717) is 0 Å². The Kier molecular flexibility index (Phi) is 7.51. The summed E-state index contributed by atoms with van der Waals surface area (Å²) in [4.78, 5) is 2.21. The average molecular weight is 394 g/mol. The Morgan fingerprint density at radius 2 is 1.76 bits per heavy atom. The van der Waals surface area contributed by atoms with Gasteiger partial charge in [0, 0.05) is 5.92 Å². The second-order valence-corrected chi connectivity index (χ2v) is 8.48. The van der Waals surface area contributed by atoms with Crippen LogP contribution < -0.4 is 4.74 Å². The number of methoxy groups -OCH3 is 1. The molecular weight excluding hydrogens is 358 g/mol. The van der Waals surface area contributed by atoms with Gasteiger partial charge >= 0.3 is 0 Å². The summed E-state index contributed by atoms with van der Waals surface area (Å²) in [6, 6.07) is 18.7. The number of ether oxygens (including phenoxy) is 1. The first kappa shape index (κ1) is 21.6. The maximum Gasteiger partial charge on any atom is 0.118 e. The summed E-state index contributed by atoms with van der Waals surface area (Å²) in [5.74, 6) is 0.949. The van der Waals surface area contributed by atoms with Crippen molar-refractivity contribution in [1.29, 1.82) is 0 Å². The van der Waals surface area contributed by atoms with Crippen LogP contribution in [0.5, 0.6) is 5.75 Å². The Labute approximate surface area is 176 Å². The molecule has 0 aliphatic heterocycles. The predicted octanol–water partition coefficient (Wildman–Crippen LogP) is 5.51. The van der Waals surface area contributed by atoms with Crippen LogP contribution in [0.3, 0.4) is 0 Å². The fourth-order valence-electron chi connectivity index (χ4n) is 4.51. The lowest BCUT2D eigenvalue weighted by Gasteiger charge is -2.39. The van der Waals surface area contributed by atoms with Gasteiger partial charge in [-0.3, -0.25) is 0 Å². The van der Waals surface area contributed by atoms with Crippen LogP contribution in [0.15, 0.2) is 60.2 Å². The van der Waals surface area contributed by atoms with E-state index in [0.717, 1.165) is 50.0 Å². The molecule has 29 heavy (non-hydrogen) atoms. The lowest BCUT2D eigenvalue weighted by molar-refractivity contribution is 0.0343. The summed E-state index contributed by atoms with van der Waals surface area (Å²) in [5, 5.41) is 12.2. The smallest absolute Gasteiger partial charge is 0.118 e. The number of rotatable bonds is 7. The van der Waals surface area contributed by atoms with Crippen LogP contribution >= 0.6 is 0 Å². The second-order valence-electron chi connectivity index (χ2n) is 8.48. The van der Waals surface area contributed by atoms with Gasteiger partial charge < -0.3 is 14.7 Å². The maximum atomic E-state index is 12.2. The third kappa shape index (κ3) is 5.49. The maximum absolute atomic E-state index is 12.2. The third-order valence-corrected chi connectivity index (χ3v) is 6.16. The molecule has 0 heterocycles. The van der Waals surface area contributed by atoms with Crippen molar-refractivity contribution < 1.29 is 9.84 Å². The van der Waals surface area contributed by atoms with Gasteiger partial charge in [-0.1, -0.05) is 61.4 Å². The fourth-order valence-corrected chi connectivity index (χ4v) is 4.51. The molecule has 0 amide bonds. The Balaban J connectivity index is 2.01. The second kappa shape index (κ2) is 10.1. The Morgan fingerprint density at radius 1 is 1.03 bits per heavy atom. The summed E-state index contributed by atoms with van der Waals surface area (Å²) in [7, 11) is 5.90. The first-order valence-electron chi connectivity index (χ1n) is 10.8. The van der Waals surface area contributed by atoms with E-state index in [-0.39, 0.29) is 5.92 Å². The van der Waals surface area contributed by atoms with Gasteiger partial charge in [-0.2, -0.15) is 0 Å². The summed E-state index contributed by atoms with van der Waals surface area (Å²) < 4.78 is 5.30. The van der Waals surface area contributed by atoms with Crippen LogP contribution in [-0.2, 0) is 0 Å². The Hall–Kier alpha value is -2.10. The van der Waals surface area contributed by atoms with E-state index in [1.807, 2.05) is 12.1 Å². The number of hydrogen-bond acceptors (Lipinski definition) is 3. The van der Waals surface area contributed by atoms with E-state index in [9.17, 15) is 5.11 Å². The summed E-state index contributed by atoms with van der Waals surface area (Å²) in [6.07, 6.45) is 8.32. The highest BCUT2D eigenvalue weighted by molar-refractivity contribution is 5.57. The van der Waals surface area contributed by atoms with Crippen LogP contribution in [-0.4, -0.2) is 43.4 Å². The van der Waals surface area contributed by atoms with Crippen molar-refractivity contribution >= 4 is 6.08 Å². The zero-order valence-corrected chi connectivity index (χ0v) is 18.1. The van der Waals surface area contributed by atoms with Gasteiger partial charge in [0.15, 0.2) is 0 Å². The molecule has 3 nitrogen and oxygen atoms in total. The predicted molar refractivity (Wildman–Crippen MR) is 121 cm³/mol. The molecule has 2 atom stereocenters. The van der Waals surface area contributed by atoms with Crippen LogP contribution in [0.4, 0.5) is 0 Å². The quantitative estimate of drug-likeness (QED) is 0.630. The molecule has 0 saturated heterocycles. The molecule has 3 rings (SSSR count). The van der Waals surface area contributed by atoms with Crippen molar-refractivity contribution in [2.75, 3.05) is 27.7 Å². The monoisotopic (exact) mass is 393 g/mol. The summed E-state index contributed by atoms with van der Waals surface area (Å²) in [6.45, 7) is 0.956. The number of aliphatic hydroxyl groups is 1. The molecular formula is C26H35NO2. The highest BCUT2D eigenvalue weighted by atomic mass is 16.5. The zero-order valence-electron chi connectivity index (χ0n) is 18.1. The lowest BCUT2D eigenvalue weighted by Crippen LogP contribution is -2.39. The number of hydrogen-bond donors (Lipinski definition) is 1. The van der Waals surface area contributed by atoms with Crippen molar-refractivity contribution in [3.63, 3.8) is 0 Å². The molecule has 156 valence electrons. The standard InChI is InChI=1S/C26H35NO2/c1-27(2)19-17-25(22-10-6-4-7-11-22)26(28)18-9-5-8-12-23(26)20-21-13-15-24(29-3)16-14-21/h4,6-7,10-11,13-16,20,25,28H,5,8-9,12,17-19H2,1-3H3. The molecule has 1 aliphatic rings. The normalized spacial score (nSPS) is 22.4. The molecule has 0 aromatic heterocycles. The first-order valence-corrected chi connectivity index (χ1v) is 10.8. The van der Waals surface area contributed by atoms with Gasteiger partial charge in [0.2, 0.25) is 0 Å². The van der Waals surface area contributed by atoms with Crippen molar-refractivity contribution in [3.8, 4) is 5.75 Å². The molecule has 1 aliphatic carbocycles. The molecule has 3 heteroatoms. The minimum atomic E-state index is -0.812. The van der Waals surface area contributed by atoms with Crippen LogP contribution in [0.1, 0.15) is 55.6 Å². The van der Waals surface area contributed by atoms with Gasteiger partial charge in [-0.05, 0) is 75.2 Å². The molecule has 0 bridgehead atoms. The highest BCUT2D eigenvalue weighted by Gasteiger charge is 2.41. The van der Waals surface area contributed by atoms with Crippen LogP contribution in [0.25, 0.3) is 6.08 Å². The van der Waals surface area contributed by atoms with Gasteiger partial charge in [-0.25, -0.2) is 0 Å². The lowest BCUT2D eigenvalue weighted by atomic mass is 9.72. The van der Waals surface area contributed by atoms with E-state index >= 15 is 0 Å². The van der Waals surface area contributed by atoms with Crippen molar-refractivity contribution in [3.05, 3.63) is 71.3 Å². The molecule has 2 aromatic rings. The summed E-state index contributed by atoms with van der Waals surface area (Å²) in [5.41, 5.74) is 2.72.